The second kappa shape index (κ2) is 6.79. The van der Waals surface area contributed by atoms with E-state index in [2.05, 4.69) is 19.2 Å². The van der Waals surface area contributed by atoms with Crippen molar-refractivity contribution < 1.29 is 4.79 Å². The van der Waals surface area contributed by atoms with Crippen LogP contribution in [0.5, 0.6) is 0 Å². The molecule has 2 aromatic carbocycles. The van der Waals surface area contributed by atoms with Gasteiger partial charge >= 0.3 is 0 Å². The molecule has 2 fully saturated rings. The molecule has 1 aliphatic carbocycles. The summed E-state index contributed by atoms with van der Waals surface area (Å²) >= 11 is 0. The molecule has 3 N–H and O–H groups in total. The van der Waals surface area contributed by atoms with Crippen LogP contribution >= 0.6 is 0 Å². The predicted octanol–water partition coefficient (Wildman–Crippen LogP) is 4.01. The Morgan fingerprint density at radius 3 is 2.07 bits per heavy atom. The summed E-state index contributed by atoms with van der Waals surface area (Å²) in [5.74, 6) is 0.449. The second-order valence-corrected chi connectivity index (χ2v) is 8.95. The Labute approximate surface area is 162 Å². The molecular weight excluding hydrogens is 332 g/mol. The predicted molar refractivity (Wildman–Crippen MR) is 109 cm³/mol. The topological polar surface area (TPSA) is 55.1 Å². The minimum atomic E-state index is -0.804. The van der Waals surface area contributed by atoms with Crippen molar-refractivity contribution in [2.75, 3.05) is 0 Å². The highest BCUT2D eigenvalue weighted by Gasteiger charge is 2.51. The molecule has 142 valence electrons. The first-order valence-electron chi connectivity index (χ1n) is 10.1. The maximum atomic E-state index is 13.0. The number of primary amides is 1. The normalized spacial score (nSPS) is 26.7. The summed E-state index contributed by atoms with van der Waals surface area (Å²) in [4.78, 5) is 13.0. The summed E-state index contributed by atoms with van der Waals surface area (Å²) in [7, 11) is 0. The number of fused-ring (bicyclic) bond motifs is 2. The van der Waals surface area contributed by atoms with E-state index in [1.54, 1.807) is 0 Å². The Hall–Kier alpha value is -2.13. The van der Waals surface area contributed by atoms with Gasteiger partial charge in [0.15, 0.2) is 0 Å². The van der Waals surface area contributed by atoms with Gasteiger partial charge in [-0.1, -0.05) is 74.5 Å². The van der Waals surface area contributed by atoms with Gasteiger partial charge in [0, 0.05) is 12.1 Å². The molecule has 3 atom stereocenters. The summed E-state index contributed by atoms with van der Waals surface area (Å²) in [6.45, 7) is 4.77. The molecule has 0 radical (unpaired) electrons. The first-order valence-corrected chi connectivity index (χ1v) is 10.1. The van der Waals surface area contributed by atoms with E-state index in [4.69, 9.17) is 5.73 Å². The van der Waals surface area contributed by atoms with Gasteiger partial charge in [0.2, 0.25) is 5.91 Å². The number of amides is 1. The minimum absolute atomic E-state index is 0.265. The van der Waals surface area contributed by atoms with E-state index < -0.39 is 5.41 Å². The lowest BCUT2D eigenvalue weighted by Crippen LogP contribution is -2.55. The Bertz CT molecular complexity index is 744. The molecule has 1 saturated carbocycles. The monoisotopic (exact) mass is 362 g/mol. The minimum Gasteiger partial charge on any atom is -0.369 e. The average Bonchev–Trinajstić information content (AvgIpc) is 2.85. The molecule has 1 amide bonds. The third kappa shape index (κ3) is 2.98. The number of hydrogen-bond donors (Lipinski definition) is 2. The maximum absolute atomic E-state index is 13.0. The van der Waals surface area contributed by atoms with Crippen LogP contribution in [0.4, 0.5) is 0 Å². The summed E-state index contributed by atoms with van der Waals surface area (Å²) in [6, 6.07) is 20.9. The third-order valence-corrected chi connectivity index (χ3v) is 7.27. The van der Waals surface area contributed by atoms with E-state index in [9.17, 15) is 4.79 Å². The van der Waals surface area contributed by atoms with E-state index in [1.165, 1.54) is 12.8 Å². The molecule has 0 aromatic heterocycles. The molecule has 3 unspecified atom stereocenters. The van der Waals surface area contributed by atoms with Gasteiger partial charge in [-0.3, -0.25) is 4.79 Å². The van der Waals surface area contributed by atoms with Crippen LogP contribution in [0.15, 0.2) is 60.7 Å². The van der Waals surface area contributed by atoms with Gasteiger partial charge in [-0.05, 0) is 48.1 Å². The summed E-state index contributed by atoms with van der Waals surface area (Å²) in [5, 5.41) is 3.88. The van der Waals surface area contributed by atoms with Crippen molar-refractivity contribution in [3.8, 4) is 0 Å². The highest BCUT2D eigenvalue weighted by atomic mass is 16.1. The van der Waals surface area contributed by atoms with Crippen LogP contribution in [0.25, 0.3) is 0 Å². The number of piperidine rings is 1. The number of rotatable bonds is 5. The Morgan fingerprint density at radius 2 is 1.59 bits per heavy atom. The second-order valence-electron chi connectivity index (χ2n) is 8.95. The van der Waals surface area contributed by atoms with Gasteiger partial charge in [0.1, 0.15) is 5.41 Å². The molecule has 4 rings (SSSR count). The summed E-state index contributed by atoms with van der Waals surface area (Å²) in [5.41, 5.74) is 7.64. The average molecular weight is 363 g/mol. The lowest BCUT2D eigenvalue weighted by molar-refractivity contribution is -0.122. The third-order valence-electron chi connectivity index (χ3n) is 7.27. The van der Waals surface area contributed by atoms with Gasteiger partial charge in [-0.2, -0.15) is 0 Å². The van der Waals surface area contributed by atoms with Crippen molar-refractivity contribution in [2.24, 2.45) is 17.1 Å². The van der Waals surface area contributed by atoms with Crippen LogP contribution < -0.4 is 11.1 Å². The number of carbonyl (C=O) groups is 1. The van der Waals surface area contributed by atoms with Gasteiger partial charge in [0.25, 0.3) is 0 Å². The van der Waals surface area contributed by atoms with Crippen LogP contribution in [0.2, 0.25) is 0 Å². The van der Waals surface area contributed by atoms with Gasteiger partial charge in [-0.25, -0.2) is 0 Å². The van der Waals surface area contributed by atoms with E-state index in [0.717, 1.165) is 17.5 Å². The van der Waals surface area contributed by atoms with E-state index in [0.29, 0.717) is 29.8 Å². The first kappa shape index (κ1) is 18.2. The number of nitrogens with one attached hydrogen (secondary N) is 1. The van der Waals surface area contributed by atoms with Gasteiger partial charge in [-0.15, -0.1) is 0 Å². The first-order chi connectivity index (χ1) is 12.9. The maximum Gasteiger partial charge on any atom is 0.232 e. The molecule has 1 saturated heterocycles. The fraction of sp³-hybridized carbons (Fsp3) is 0.458. The van der Waals surface area contributed by atoms with Gasteiger partial charge < -0.3 is 11.1 Å². The summed E-state index contributed by atoms with van der Waals surface area (Å²) in [6.07, 6.45) is 4.33. The molecule has 1 heterocycles. The molecule has 0 spiro atoms. The standard InChI is InChI=1S/C24H30N2O/c1-23(2)19-13-14-21(23)26-20(15-19)16-24(22(25)27,17-9-5-3-6-10-17)18-11-7-4-8-12-18/h3-12,19-21,26H,13-16H2,1-2H3,(H2,25,27). The number of nitrogens with two attached hydrogens (primary N) is 1. The number of carbonyl (C=O) groups excluding carboxylic acids is 1. The van der Waals surface area contributed by atoms with Crippen molar-refractivity contribution in [3.63, 3.8) is 0 Å². The quantitative estimate of drug-likeness (QED) is 0.844. The molecule has 2 bridgehead atoms. The zero-order valence-corrected chi connectivity index (χ0v) is 16.3. The van der Waals surface area contributed by atoms with E-state index in [1.807, 2.05) is 60.7 Å². The summed E-state index contributed by atoms with van der Waals surface area (Å²) < 4.78 is 0. The van der Waals surface area contributed by atoms with Crippen LogP contribution in [0.3, 0.4) is 0 Å². The van der Waals surface area contributed by atoms with Crippen LogP contribution in [-0.2, 0) is 10.2 Å². The lowest BCUT2D eigenvalue weighted by Gasteiger charge is -2.45. The SMILES string of the molecule is CC1(C)C2CCC1NC(CC(C(N)=O)(c1ccccc1)c1ccccc1)C2. The molecule has 1 aliphatic heterocycles. The molecule has 3 heteroatoms. The fourth-order valence-corrected chi connectivity index (χ4v) is 5.56. The van der Waals surface area contributed by atoms with Crippen molar-refractivity contribution in [1.29, 1.82) is 0 Å². The van der Waals surface area contributed by atoms with E-state index >= 15 is 0 Å². The van der Waals surface area contributed by atoms with Crippen molar-refractivity contribution in [1.82, 2.24) is 5.32 Å². The number of hydrogen-bond acceptors (Lipinski definition) is 2. The van der Waals surface area contributed by atoms with E-state index in [-0.39, 0.29) is 5.91 Å². The number of benzene rings is 2. The highest BCUT2D eigenvalue weighted by molar-refractivity contribution is 5.91. The van der Waals surface area contributed by atoms with Crippen molar-refractivity contribution in [3.05, 3.63) is 71.8 Å². The van der Waals surface area contributed by atoms with Crippen LogP contribution in [-0.4, -0.2) is 18.0 Å². The molecule has 27 heavy (non-hydrogen) atoms. The molecule has 2 aliphatic rings. The van der Waals surface area contributed by atoms with Crippen LogP contribution in [0.1, 0.15) is 50.7 Å². The van der Waals surface area contributed by atoms with Crippen molar-refractivity contribution in [2.45, 2.75) is 57.0 Å². The Kier molecular flexibility index (Phi) is 4.59. The zero-order valence-electron chi connectivity index (χ0n) is 16.3. The Balaban J connectivity index is 1.74. The highest BCUT2D eigenvalue weighted by Crippen LogP contribution is 2.50. The molecule has 2 aromatic rings. The zero-order chi connectivity index (χ0) is 19.1. The largest absolute Gasteiger partial charge is 0.369 e. The van der Waals surface area contributed by atoms with Crippen molar-refractivity contribution >= 4 is 5.91 Å². The van der Waals surface area contributed by atoms with Gasteiger partial charge in [0.05, 0.1) is 0 Å². The molecular formula is C24H30N2O. The molecule has 3 nitrogen and oxygen atoms in total. The Morgan fingerprint density at radius 1 is 1.04 bits per heavy atom. The smallest absolute Gasteiger partial charge is 0.232 e. The van der Waals surface area contributed by atoms with Crippen LogP contribution in [0, 0.1) is 11.3 Å². The lowest BCUT2D eigenvalue weighted by atomic mass is 9.66. The fourth-order valence-electron chi connectivity index (χ4n) is 5.56.